The van der Waals surface area contributed by atoms with Gasteiger partial charge in [0, 0.05) is 38.9 Å². The molecule has 2 aliphatic heterocycles. The first-order valence-electron chi connectivity index (χ1n) is 8.04. The number of pyridine rings is 1. The van der Waals surface area contributed by atoms with Gasteiger partial charge < -0.3 is 29.8 Å². The molecule has 130 valence electrons. The fourth-order valence-corrected chi connectivity index (χ4v) is 3.00. The molecular weight excluding hydrogens is 306 g/mol. The molecule has 0 radical (unpaired) electrons. The highest BCUT2D eigenvalue weighted by molar-refractivity contribution is 5.12. The highest BCUT2D eigenvalue weighted by Gasteiger charge is 2.28. The lowest BCUT2D eigenvalue weighted by molar-refractivity contribution is -0.177. The minimum absolute atomic E-state index is 0.133. The van der Waals surface area contributed by atoms with Gasteiger partial charge >= 0.3 is 0 Å². The fraction of sp³-hybridized carbons (Fsp3) is 0.471. The van der Waals surface area contributed by atoms with Crippen molar-refractivity contribution in [3.8, 4) is 0 Å². The van der Waals surface area contributed by atoms with Crippen LogP contribution in [0.3, 0.4) is 0 Å². The Hall–Kier alpha value is -2.25. The van der Waals surface area contributed by atoms with Crippen LogP contribution >= 0.6 is 0 Å². The summed E-state index contributed by atoms with van der Waals surface area (Å²) in [6.07, 6.45) is 7.61. The Kier molecular flexibility index (Phi) is 4.64. The molecule has 0 saturated carbocycles. The SMILES string of the molecule is CN1/C=C\N(C)CC(O)(O)CN2C=CN(Cc3cccc(n3)C1)C2. The molecule has 7 heteroatoms. The standard InChI is InChI=1S/C17H25N5O2/c1-19-6-7-20(2)12-17(23,24)13-22-9-8-21(14-22)11-16-5-3-4-15(10-19)18-16/h3-9,23-24H,10-14H2,1-2H3/b7-6-. The number of nitrogens with zero attached hydrogens (tertiary/aromatic N) is 5. The topological polar surface area (TPSA) is 66.3 Å². The smallest absolute Gasteiger partial charge is 0.198 e. The molecule has 4 bridgehead atoms. The summed E-state index contributed by atoms with van der Waals surface area (Å²) in [5.74, 6) is -1.78. The molecule has 0 aromatic carbocycles. The van der Waals surface area contributed by atoms with Crippen LogP contribution in [0.5, 0.6) is 0 Å². The Bertz CT molecular complexity index is 631. The van der Waals surface area contributed by atoms with Crippen molar-refractivity contribution >= 4 is 0 Å². The summed E-state index contributed by atoms with van der Waals surface area (Å²) < 4.78 is 0. The van der Waals surface area contributed by atoms with Gasteiger partial charge in [0.25, 0.3) is 0 Å². The zero-order valence-electron chi connectivity index (χ0n) is 14.2. The molecule has 1 aromatic rings. The Balaban J connectivity index is 1.83. The van der Waals surface area contributed by atoms with E-state index in [0.717, 1.165) is 11.4 Å². The third kappa shape index (κ3) is 4.39. The van der Waals surface area contributed by atoms with Crippen molar-refractivity contribution in [2.24, 2.45) is 0 Å². The molecule has 2 aliphatic rings. The molecule has 3 rings (SSSR count). The van der Waals surface area contributed by atoms with E-state index in [-0.39, 0.29) is 13.1 Å². The molecular formula is C17H25N5O2. The van der Waals surface area contributed by atoms with Gasteiger partial charge in [0.05, 0.1) is 44.2 Å². The largest absolute Gasteiger partial charge is 0.374 e. The monoisotopic (exact) mass is 331 g/mol. The van der Waals surface area contributed by atoms with Gasteiger partial charge in [-0.25, -0.2) is 0 Å². The van der Waals surface area contributed by atoms with Crippen LogP contribution in [0.2, 0.25) is 0 Å². The highest BCUT2D eigenvalue weighted by atomic mass is 16.5. The van der Waals surface area contributed by atoms with Crippen LogP contribution in [0.25, 0.3) is 0 Å². The van der Waals surface area contributed by atoms with Crippen LogP contribution in [0, 0.1) is 0 Å². The van der Waals surface area contributed by atoms with E-state index in [2.05, 4.69) is 4.90 Å². The summed E-state index contributed by atoms with van der Waals surface area (Å²) in [7, 11) is 3.80. The number of hydrogen-bond donors (Lipinski definition) is 2. The predicted molar refractivity (Wildman–Crippen MR) is 90.9 cm³/mol. The Morgan fingerprint density at radius 2 is 1.54 bits per heavy atom. The normalized spacial score (nSPS) is 22.3. The first-order valence-corrected chi connectivity index (χ1v) is 8.04. The molecule has 7 nitrogen and oxygen atoms in total. The third-order valence-electron chi connectivity index (χ3n) is 4.03. The van der Waals surface area contributed by atoms with Gasteiger partial charge in [-0.15, -0.1) is 0 Å². The maximum absolute atomic E-state index is 10.3. The van der Waals surface area contributed by atoms with Crippen LogP contribution in [-0.2, 0) is 13.1 Å². The van der Waals surface area contributed by atoms with Crippen molar-refractivity contribution in [3.63, 3.8) is 0 Å². The summed E-state index contributed by atoms with van der Waals surface area (Å²) in [5.41, 5.74) is 2.01. The van der Waals surface area contributed by atoms with Crippen molar-refractivity contribution < 1.29 is 10.2 Å². The van der Waals surface area contributed by atoms with Gasteiger partial charge in [0.1, 0.15) is 0 Å². The summed E-state index contributed by atoms with van der Waals surface area (Å²) in [4.78, 5) is 12.5. The van der Waals surface area contributed by atoms with Crippen molar-refractivity contribution in [1.82, 2.24) is 24.6 Å². The van der Waals surface area contributed by atoms with Gasteiger partial charge in [-0.3, -0.25) is 4.98 Å². The number of β-amino-alcohol motifs (C(OH)–C–C–N with tert-alkyl or cyclic N) is 2. The maximum Gasteiger partial charge on any atom is 0.198 e. The molecule has 0 amide bonds. The molecule has 0 fully saturated rings. The minimum Gasteiger partial charge on any atom is -0.374 e. The Morgan fingerprint density at radius 3 is 2.33 bits per heavy atom. The Morgan fingerprint density at radius 1 is 0.875 bits per heavy atom. The van der Waals surface area contributed by atoms with Crippen LogP contribution in [-0.4, -0.2) is 74.4 Å². The lowest BCUT2D eigenvalue weighted by Crippen LogP contribution is -2.48. The van der Waals surface area contributed by atoms with Crippen molar-refractivity contribution in [1.29, 1.82) is 0 Å². The molecule has 24 heavy (non-hydrogen) atoms. The predicted octanol–water partition coefficient (Wildman–Crippen LogP) is 0.157. The van der Waals surface area contributed by atoms with E-state index >= 15 is 0 Å². The quantitative estimate of drug-likeness (QED) is 0.656. The molecule has 1 aromatic heterocycles. The van der Waals surface area contributed by atoms with Crippen LogP contribution in [0.15, 0.2) is 43.0 Å². The van der Waals surface area contributed by atoms with E-state index in [4.69, 9.17) is 4.98 Å². The molecule has 0 atom stereocenters. The zero-order chi connectivity index (χ0) is 17.2. The average Bonchev–Trinajstić information content (AvgIpc) is 2.90. The number of aromatic nitrogens is 1. The number of rotatable bonds is 0. The van der Waals surface area contributed by atoms with Crippen LogP contribution in [0.1, 0.15) is 11.4 Å². The summed E-state index contributed by atoms with van der Waals surface area (Å²) in [6.45, 7) is 2.30. The molecule has 0 unspecified atom stereocenters. The summed E-state index contributed by atoms with van der Waals surface area (Å²) in [5, 5.41) is 20.5. The molecule has 0 saturated heterocycles. The van der Waals surface area contributed by atoms with Crippen LogP contribution in [0.4, 0.5) is 0 Å². The van der Waals surface area contributed by atoms with Crippen molar-refractivity contribution in [3.05, 3.63) is 54.4 Å². The maximum atomic E-state index is 10.3. The third-order valence-corrected chi connectivity index (χ3v) is 4.03. The molecule has 0 aliphatic carbocycles. The van der Waals surface area contributed by atoms with E-state index in [1.54, 1.807) is 4.90 Å². The zero-order valence-corrected chi connectivity index (χ0v) is 14.2. The molecule has 0 spiro atoms. The van der Waals surface area contributed by atoms with Crippen molar-refractivity contribution in [2.75, 3.05) is 33.9 Å². The second-order valence-corrected chi connectivity index (χ2v) is 6.66. The van der Waals surface area contributed by atoms with Gasteiger partial charge in [0.2, 0.25) is 0 Å². The fourth-order valence-electron chi connectivity index (χ4n) is 3.00. The van der Waals surface area contributed by atoms with Gasteiger partial charge in [-0.2, -0.15) is 0 Å². The highest BCUT2D eigenvalue weighted by Crippen LogP contribution is 2.15. The first-order chi connectivity index (χ1) is 11.4. The Labute approximate surface area is 142 Å². The number of hydrogen-bond acceptors (Lipinski definition) is 7. The first kappa shape index (κ1) is 16.6. The lowest BCUT2D eigenvalue weighted by Gasteiger charge is -2.31. The minimum atomic E-state index is -1.78. The second-order valence-electron chi connectivity index (χ2n) is 6.66. The van der Waals surface area contributed by atoms with Crippen molar-refractivity contribution in [2.45, 2.75) is 18.9 Å². The molecule has 2 N–H and O–H groups in total. The van der Waals surface area contributed by atoms with Gasteiger partial charge in [-0.1, -0.05) is 6.07 Å². The van der Waals surface area contributed by atoms with E-state index in [1.807, 2.05) is 66.9 Å². The number of aliphatic hydroxyl groups is 2. The lowest BCUT2D eigenvalue weighted by atomic mass is 10.2. The van der Waals surface area contributed by atoms with Gasteiger partial charge in [-0.05, 0) is 12.1 Å². The van der Waals surface area contributed by atoms with E-state index in [1.165, 1.54) is 0 Å². The number of fused-ring (bicyclic) bond motifs is 4. The van der Waals surface area contributed by atoms with Crippen LogP contribution < -0.4 is 0 Å². The average molecular weight is 331 g/mol. The van der Waals surface area contributed by atoms with E-state index in [0.29, 0.717) is 19.8 Å². The van der Waals surface area contributed by atoms with E-state index in [9.17, 15) is 10.2 Å². The second kappa shape index (κ2) is 6.70. The summed E-state index contributed by atoms with van der Waals surface area (Å²) in [6, 6.07) is 6.07. The van der Waals surface area contributed by atoms with Gasteiger partial charge in [0.15, 0.2) is 5.79 Å². The summed E-state index contributed by atoms with van der Waals surface area (Å²) >= 11 is 0. The number of likely N-dealkylation sites (N-methyl/N-ethyl adjacent to an activating group) is 1. The molecule has 3 heterocycles. The van der Waals surface area contributed by atoms with E-state index < -0.39 is 5.79 Å².